The number of nitrogens with one attached hydrogen (secondary N) is 1. The maximum Gasteiger partial charge on any atom is 0.244 e. The summed E-state index contributed by atoms with van der Waals surface area (Å²) in [7, 11) is 0.776. The first kappa shape index (κ1) is 19.1. The van der Waals surface area contributed by atoms with Gasteiger partial charge in [0.15, 0.2) is 11.5 Å². The van der Waals surface area contributed by atoms with E-state index in [1.807, 2.05) is 6.92 Å². The van der Waals surface area contributed by atoms with Gasteiger partial charge in [-0.3, -0.25) is 0 Å². The number of ether oxygens (including phenoxy) is 3. The van der Waals surface area contributed by atoms with Crippen LogP contribution in [0.3, 0.4) is 0 Å². The Morgan fingerprint density at radius 1 is 0.880 bits per heavy atom. The van der Waals surface area contributed by atoms with Gasteiger partial charge in [0.2, 0.25) is 10.0 Å². The fraction of sp³-hybridized carbons (Fsp3) is 0.333. The van der Waals surface area contributed by atoms with Crippen LogP contribution >= 0.6 is 0 Å². The van der Waals surface area contributed by atoms with Gasteiger partial charge in [-0.25, -0.2) is 13.1 Å². The number of hydrogen-bond donors (Lipinski definition) is 1. The highest BCUT2D eigenvalue weighted by atomic mass is 32.2. The van der Waals surface area contributed by atoms with Crippen LogP contribution in [0.15, 0.2) is 41.3 Å². The number of sulfonamides is 1. The van der Waals surface area contributed by atoms with Gasteiger partial charge < -0.3 is 14.2 Å². The van der Waals surface area contributed by atoms with E-state index < -0.39 is 16.1 Å². The second-order valence-electron chi connectivity index (χ2n) is 5.61. The average Bonchev–Trinajstić information content (AvgIpc) is 2.60. The molecule has 6 nitrogen and oxygen atoms in total. The first-order valence-electron chi connectivity index (χ1n) is 7.71. The average molecular weight is 365 g/mol. The van der Waals surface area contributed by atoms with Gasteiger partial charge in [-0.05, 0) is 49.2 Å². The molecule has 0 amide bonds. The van der Waals surface area contributed by atoms with Crippen LogP contribution in [0, 0.1) is 6.92 Å². The fourth-order valence-corrected chi connectivity index (χ4v) is 3.97. The molecule has 2 aromatic rings. The van der Waals surface area contributed by atoms with Gasteiger partial charge in [0.05, 0.1) is 21.3 Å². The Morgan fingerprint density at radius 3 is 2.08 bits per heavy atom. The first-order valence-corrected chi connectivity index (χ1v) is 9.19. The van der Waals surface area contributed by atoms with E-state index in [-0.39, 0.29) is 4.90 Å². The van der Waals surface area contributed by atoms with Crippen molar-refractivity contribution in [2.45, 2.75) is 24.8 Å². The normalized spacial score (nSPS) is 12.5. The van der Waals surface area contributed by atoms with E-state index in [0.29, 0.717) is 17.2 Å². The molecule has 0 aromatic heterocycles. The van der Waals surface area contributed by atoms with Crippen molar-refractivity contribution in [3.05, 3.63) is 47.5 Å². The molecule has 0 radical (unpaired) electrons. The molecule has 136 valence electrons. The maximum atomic E-state index is 12.8. The predicted octanol–water partition coefficient (Wildman–Crippen LogP) is 3.06. The highest BCUT2D eigenvalue weighted by Crippen LogP contribution is 2.31. The molecular formula is C18H23NO5S. The van der Waals surface area contributed by atoms with E-state index in [9.17, 15) is 8.42 Å². The molecule has 0 spiro atoms. The zero-order valence-corrected chi connectivity index (χ0v) is 15.8. The Kier molecular flexibility index (Phi) is 5.92. The zero-order chi connectivity index (χ0) is 18.6. The smallest absolute Gasteiger partial charge is 0.244 e. The zero-order valence-electron chi connectivity index (χ0n) is 15.0. The maximum absolute atomic E-state index is 12.8. The lowest BCUT2D eigenvalue weighted by molar-refractivity contribution is 0.354. The number of rotatable bonds is 7. The molecule has 0 aliphatic heterocycles. The molecule has 0 unspecified atom stereocenters. The van der Waals surface area contributed by atoms with Crippen LogP contribution < -0.4 is 18.9 Å². The predicted molar refractivity (Wildman–Crippen MR) is 96.0 cm³/mol. The summed E-state index contributed by atoms with van der Waals surface area (Å²) in [6, 6.07) is 9.85. The van der Waals surface area contributed by atoms with Crippen LogP contribution in [0.2, 0.25) is 0 Å². The Balaban J connectivity index is 2.33. The van der Waals surface area contributed by atoms with Crippen molar-refractivity contribution in [2.24, 2.45) is 0 Å². The van der Waals surface area contributed by atoms with E-state index in [4.69, 9.17) is 14.2 Å². The highest BCUT2D eigenvalue weighted by Gasteiger charge is 2.23. The highest BCUT2D eigenvalue weighted by molar-refractivity contribution is 7.89. The van der Waals surface area contributed by atoms with Gasteiger partial charge in [-0.1, -0.05) is 12.1 Å². The molecule has 0 aliphatic carbocycles. The Morgan fingerprint density at radius 2 is 1.48 bits per heavy atom. The number of methoxy groups -OCH3 is 3. The standard InChI is InChI=1S/C18H23NO5S/c1-12-6-8-16(23-4)18(10-12)25(20,21)19-13(2)14-7-9-15(22-3)17(11-14)24-5/h6-11,13,19H,1-5H3/t13-/m0/s1. The molecule has 0 saturated carbocycles. The van der Waals surface area contributed by atoms with Crippen LogP contribution in [0.5, 0.6) is 17.2 Å². The van der Waals surface area contributed by atoms with Crippen molar-refractivity contribution in [3.63, 3.8) is 0 Å². The molecule has 0 bridgehead atoms. The van der Waals surface area contributed by atoms with E-state index in [0.717, 1.165) is 11.1 Å². The number of benzene rings is 2. The van der Waals surface area contributed by atoms with Crippen molar-refractivity contribution < 1.29 is 22.6 Å². The second-order valence-corrected chi connectivity index (χ2v) is 7.29. The summed E-state index contributed by atoms with van der Waals surface area (Å²) in [6.07, 6.45) is 0. The van der Waals surface area contributed by atoms with Gasteiger partial charge in [0, 0.05) is 6.04 Å². The van der Waals surface area contributed by atoms with Crippen LogP contribution in [-0.4, -0.2) is 29.7 Å². The van der Waals surface area contributed by atoms with Crippen LogP contribution in [0.25, 0.3) is 0 Å². The topological polar surface area (TPSA) is 73.9 Å². The fourth-order valence-electron chi connectivity index (χ4n) is 2.48. The summed E-state index contributed by atoms with van der Waals surface area (Å²) < 4.78 is 43.9. The SMILES string of the molecule is COc1ccc([C@H](C)NS(=O)(=O)c2cc(C)ccc2OC)cc1OC. The van der Waals surface area contributed by atoms with E-state index in [1.54, 1.807) is 50.4 Å². The minimum atomic E-state index is -3.76. The van der Waals surface area contributed by atoms with Crippen molar-refractivity contribution in [2.75, 3.05) is 21.3 Å². The van der Waals surface area contributed by atoms with Gasteiger partial charge in [0.1, 0.15) is 10.6 Å². The third-order valence-corrected chi connectivity index (χ3v) is 5.41. The molecule has 0 aliphatic rings. The lowest BCUT2D eigenvalue weighted by Crippen LogP contribution is -2.27. The summed E-state index contributed by atoms with van der Waals surface area (Å²) in [5, 5.41) is 0. The van der Waals surface area contributed by atoms with E-state index in [2.05, 4.69) is 4.72 Å². The lowest BCUT2D eigenvalue weighted by atomic mass is 10.1. The number of aryl methyl sites for hydroxylation is 1. The Hall–Kier alpha value is -2.25. The molecule has 7 heteroatoms. The molecule has 1 N–H and O–H groups in total. The van der Waals surface area contributed by atoms with E-state index >= 15 is 0 Å². The van der Waals surface area contributed by atoms with Gasteiger partial charge in [0.25, 0.3) is 0 Å². The van der Waals surface area contributed by atoms with Crippen molar-refractivity contribution >= 4 is 10.0 Å². The molecular weight excluding hydrogens is 342 g/mol. The Labute approximate surface area is 148 Å². The molecule has 0 heterocycles. The molecule has 0 fully saturated rings. The van der Waals surface area contributed by atoms with Gasteiger partial charge in [-0.15, -0.1) is 0 Å². The summed E-state index contributed by atoms with van der Waals surface area (Å²) >= 11 is 0. The third kappa shape index (κ3) is 4.24. The summed E-state index contributed by atoms with van der Waals surface area (Å²) in [5.74, 6) is 1.43. The van der Waals surface area contributed by atoms with Crippen molar-refractivity contribution in [3.8, 4) is 17.2 Å². The number of hydrogen-bond acceptors (Lipinski definition) is 5. The van der Waals surface area contributed by atoms with Crippen molar-refractivity contribution in [1.29, 1.82) is 0 Å². The quantitative estimate of drug-likeness (QED) is 0.816. The molecule has 25 heavy (non-hydrogen) atoms. The largest absolute Gasteiger partial charge is 0.495 e. The summed E-state index contributed by atoms with van der Waals surface area (Å²) in [5.41, 5.74) is 1.59. The van der Waals surface area contributed by atoms with Crippen molar-refractivity contribution in [1.82, 2.24) is 4.72 Å². The van der Waals surface area contributed by atoms with Crippen LogP contribution in [0.4, 0.5) is 0 Å². The van der Waals surface area contributed by atoms with Gasteiger partial charge >= 0.3 is 0 Å². The third-order valence-electron chi connectivity index (χ3n) is 3.85. The molecule has 2 rings (SSSR count). The Bertz CT molecular complexity index is 849. The van der Waals surface area contributed by atoms with E-state index in [1.165, 1.54) is 14.2 Å². The molecule has 2 aromatic carbocycles. The van der Waals surface area contributed by atoms with Crippen LogP contribution in [0.1, 0.15) is 24.1 Å². The van der Waals surface area contributed by atoms with Gasteiger partial charge in [-0.2, -0.15) is 0 Å². The summed E-state index contributed by atoms with van der Waals surface area (Å²) in [4.78, 5) is 0.113. The summed E-state index contributed by atoms with van der Waals surface area (Å²) in [6.45, 7) is 3.59. The monoisotopic (exact) mass is 365 g/mol. The molecule has 1 atom stereocenters. The minimum absolute atomic E-state index is 0.113. The lowest BCUT2D eigenvalue weighted by Gasteiger charge is -2.18. The first-order chi connectivity index (χ1) is 11.8. The molecule has 0 saturated heterocycles. The van der Waals surface area contributed by atoms with Crippen LogP contribution in [-0.2, 0) is 10.0 Å². The minimum Gasteiger partial charge on any atom is -0.495 e. The second kappa shape index (κ2) is 7.76.